The van der Waals surface area contributed by atoms with Gasteiger partial charge >= 0.3 is 0 Å². The lowest BCUT2D eigenvalue weighted by Gasteiger charge is -2.30. The van der Waals surface area contributed by atoms with Crippen LogP contribution in [0.3, 0.4) is 0 Å². The third kappa shape index (κ3) is 3.48. The number of hydrogen-bond donors (Lipinski definition) is 0. The first-order valence-electron chi connectivity index (χ1n) is 8.89. The van der Waals surface area contributed by atoms with E-state index in [1.807, 2.05) is 4.90 Å². The second kappa shape index (κ2) is 7.56. The van der Waals surface area contributed by atoms with Gasteiger partial charge in [0.25, 0.3) is 16.9 Å². The Hall–Kier alpha value is -3.79. The fourth-order valence-electron chi connectivity index (χ4n) is 3.41. The zero-order valence-electron chi connectivity index (χ0n) is 15.4. The molecule has 0 unspecified atom stereocenters. The second-order valence-corrected chi connectivity index (χ2v) is 7.09. The number of halogens is 1. The quantitative estimate of drug-likeness (QED) is 0.462. The number of nitro groups is 2. The predicted molar refractivity (Wildman–Crippen MR) is 109 cm³/mol. The largest absolute Gasteiger partial charge is 0.364 e. The van der Waals surface area contributed by atoms with Gasteiger partial charge in [0.1, 0.15) is 5.02 Å². The van der Waals surface area contributed by atoms with E-state index >= 15 is 0 Å². The van der Waals surface area contributed by atoms with E-state index in [0.717, 1.165) is 15.8 Å². The van der Waals surface area contributed by atoms with Gasteiger partial charge in [0.05, 0.1) is 27.4 Å². The van der Waals surface area contributed by atoms with Gasteiger partial charge in [-0.25, -0.2) is 0 Å². The number of hydrogen-bond acceptors (Lipinski definition) is 7. The molecule has 0 bridgehead atoms. The lowest BCUT2D eigenvalue weighted by atomic mass is 9.99. The highest BCUT2D eigenvalue weighted by Crippen LogP contribution is 2.30. The third-order valence-electron chi connectivity index (χ3n) is 4.96. The van der Waals surface area contributed by atoms with Crippen LogP contribution in [0, 0.1) is 20.2 Å². The van der Waals surface area contributed by atoms with Crippen molar-refractivity contribution in [2.24, 2.45) is 0 Å². The van der Waals surface area contributed by atoms with Crippen LogP contribution < -0.4 is 10.5 Å². The van der Waals surface area contributed by atoms with Gasteiger partial charge in [-0.2, -0.15) is 9.78 Å². The van der Waals surface area contributed by atoms with Crippen molar-refractivity contribution in [3.8, 4) is 5.69 Å². The van der Waals surface area contributed by atoms with Gasteiger partial charge in [-0.05, 0) is 29.7 Å². The van der Waals surface area contributed by atoms with Gasteiger partial charge in [-0.15, -0.1) is 0 Å². The smallest absolute Gasteiger partial charge is 0.292 e. The summed E-state index contributed by atoms with van der Waals surface area (Å²) in [7, 11) is 0. The Bertz CT molecular complexity index is 1220. The molecule has 0 radical (unpaired) electrons. The number of rotatable bonds is 4. The number of anilines is 1. The maximum absolute atomic E-state index is 12.8. The first kappa shape index (κ1) is 19.5. The van der Waals surface area contributed by atoms with E-state index in [9.17, 15) is 25.0 Å². The van der Waals surface area contributed by atoms with E-state index < -0.39 is 15.4 Å². The molecule has 0 fully saturated rings. The van der Waals surface area contributed by atoms with Crippen LogP contribution in [0.1, 0.15) is 11.1 Å². The summed E-state index contributed by atoms with van der Waals surface area (Å²) in [5.41, 5.74) is 1.93. The number of fused-ring (bicyclic) bond motifs is 1. The van der Waals surface area contributed by atoms with Crippen LogP contribution in [0.2, 0.25) is 5.02 Å². The molecule has 4 rings (SSSR count). The molecule has 1 aliphatic heterocycles. The lowest BCUT2D eigenvalue weighted by molar-refractivity contribution is -0.385. The molecule has 1 aliphatic rings. The molecule has 10 nitrogen and oxygen atoms in total. The molecular weight excluding hydrogens is 414 g/mol. The molecule has 0 spiro atoms. The molecule has 2 heterocycles. The van der Waals surface area contributed by atoms with Crippen molar-refractivity contribution in [2.45, 2.75) is 13.0 Å². The summed E-state index contributed by atoms with van der Waals surface area (Å²) in [6.45, 7) is 0.937. The minimum Gasteiger partial charge on any atom is -0.364 e. The zero-order valence-corrected chi connectivity index (χ0v) is 16.2. The topological polar surface area (TPSA) is 124 Å². The summed E-state index contributed by atoms with van der Waals surface area (Å²) in [5, 5.41) is 26.0. The molecule has 11 heteroatoms. The van der Waals surface area contributed by atoms with Crippen LogP contribution in [-0.4, -0.2) is 26.2 Å². The van der Waals surface area contributed by atoms with Crippen LogP contribution in [0.4, 0.5) is 17.1 Å². The Labute approximate surface area is 174 Å². The van der Waals surface area contributed by atoms with Crippen molar-refractivity contribution in [3.63, 3.8) is 0 Å². The van der Waals surface area contributed by atoms with Crippen LogP contribution in [0.5, 0.6) is 0 Å². The molecule has 0 saturated carbocycles. The third-order valence-corrected chi connectivity index (χ3v) is 5.31. The Morgan fingerprint density at radius 1 is 0.967 bits per heavy atom. The summed E-state index contributed by atoms with van der Waals surface area (Å²) in [6.07, 6.45) is 2.10. The molecule has 0 amide bonds. The van der Waals surface area contributed by atoms with Crippen molar-refractivity contribution in [2.75, 3.05) is 11.4 Å². The molecule has 1 aromatic heterocycles. The average molecular weight is 428 g/mol. The van der Waals surface area contributed by atoms with Crippen LogP contribution >= 0.6 is 11.6 Å². The van der Waals surface area contributed by atoms with Gasteiger partial charge in [-0.1, -0.05) is 17.7 Å². The van der Waals surface area contributed by atoms with Crippen LogP contribution in [0.25, 0.3) is 5.69 Å². The predicted octanol–water partition coefficient (Wildman–Crippen LogP) is 3.27. The van der Waals surface area contributed by atoms with Gasteiger partial charge in [-0.3, -0.25) is 25.0 Å². The summed E-state index contributed by atoms with van der Waals surface area (Å²) in [6, 6.07) is 10.1. The molecule has 0 aliphatic carbocycles. The maximum atomic E-state index is 12.8. The summed E-state index contributed by atoms with van der Waals surface area (Å²) >= 11 is 6.34. The Morgan fingerprint density at radius 2 is 1.63 bits per heavy atom. The van der Waals surface area contributed by atoms with Crippen molar-refractivity contribution < 1.29 is 9.85 Å². The molecule has 30 heavy (non-hydrogen) atoms. The van der Waals surface area contributed by atoms with Gasteiger partial charge < -0.3 is 4.90 Å². The first-order valence-corrected chi connectivity index (χ1v) is 9.27. The summed E-state index contributed by atoms with van der Waals surface area (Å²) in [4.78, 5) is 35.5. The van der Waals surface area contributed by atoms with Crippen LogP contribution in [-0.2, 0) is 13.0 Å². The van der Waals surface area contributed by atoms with Gasteiger partial charge in [0.2, 0.25) is 0 Å². The SMILES string of the molecule is O=c1c(Cl)c(N2CCc3ccc([N+](=O)[O-])cc3C2)cnn1-c1ccc([N+](=O)[O-])cc1. The number of aromatic nitrogens is 2. The highest BCUT2D eigenvalue weighted by atomic mass is 35.5. The van der Waals surface area contributed by atoms with Crippen molar-refractivity contribution in [3.05, 3.63) is 95.4 Å². The van der Waals surface area contributed by atoms with E-state index in [4.69, 9.17) is 11.6 Å². The van der Waals surface area contributed by atoms with Crippen molar-refractivity contribution >= 4 is 28.7 Å². The lowest BCUT2D eigenvalue weighted by Crippen LogP contribution is -2.33. The normalized spacial score (nSPS) is 13.0. The standard InChI is InChI=1S/C19H14ClN5O5/c20-18-17(22-8-7-12-1-2-16(25(29)30)9-13(12)11-22)10-21-23(19(18)26)14-3-5-15(6-4-14)24(27)28/h1-6,9-10H,7-8,11H2. The molecule has 0 atom stereocenters. The van der Waals surface area contributed by atoms with Gasteiger partial charge in [0.15, 0.2) is 0 Å². The van der Waals surface area contributed by atoms with Crippen molar-refractivity contribution in [1.29, 1.82) is 0 Å². The molecule has 0 saturated heterocycles. The highest BCUT2D eigenvalue weighted by molar-refractivity contribution is 6.33. The van der Waals surface area contributed by atoms with E-state index in [2.05, 4.69) is 5.10 Å². The molecule has 152 valence electrons. The minimum absolute atomic E-state index is 0.00779. The fraction of sp³-hybridized carbons (Fsp3) is 0.158. The summed E-state index contributed by atoms with van der Waals surface area (Å²) < 4.78 is 1.07. The van der Waals surface area contributed by atoms with E-state index in [1.54, 1.807) is 6.07 Å². The first-order chi connectivity index (χ1) is 14.3. The number of non-ortho nitro benzene ring substituents is 2. The Balaban J connectivity index is 1.66. The highest BCUT2D eigenvalue weighted by Gasteiger charge is 2.23. The second-order valence-electron chi connectivity index (χ2n) is 6.72. The minimum atomic E-state index is -0.562. The molecule has 0 N–H and O–H groups in total. The number of benzene rings is 2. The van der Waals surface area contributed by atoms with Gasteiger partial charge in [0, 0.05) is 37.4 Å². The zero-order chi connectivity index (χ0) is 21.4. The van der Waals surface area contributed by atoms with E-state index in [1.165, 1.54) is 42.6 Å². The molecule has 2 aromatic carbocycles. The maximum Gasteiger partial charge on any atom is 0.292 e. The molecular formula is C19H14ClN5O5. The van der Waals surface area contributed by atoms with E-state index in [0.29, 0.717) is 30.9 Å². The Kier molecular flexibility index (Phi) is 4.92. The van der Waals surface area contributed by atoms with Crippen molar-refractivity contribution in [1.82, 2.24) is 9.78 Å². The van der Waals surface area contributed by atoms with Crippen LogP contribution in [0.15, 0.2) is 53.5 Å². The average Bonchev–Trinajstić information content (AvgIpc) is 2.75. The molecule has 3 aromatic rings. The number of nitro benzene ring substituents is 2. The van der Waals surface area contributed by atoms with E-state index in [-0.39, 0.29) is 16.4 Å². The monoisotopic (exact) mass is 427 g/mol. The number of nitrogens with zero attached hydrogens (tertiary/aromatic N) is 5. The fourth-order valence-corrected chi connectivity index (χ4v) is 3.66. The summed E-state index contributed by atoms with van der Waals surface area (Å²) in [5.74, 6) is 0. The Morgan fingerprint density at radius 3 is 2.30 bits per heavy atom.